The first-order valence-electron chi connectivity index (χ1n) is 7.31. The maximum atomic E-state index is 6.14. The lowest BCUT2D eigenvalue weighted by molar-refractivity contribution is 0.264. The molecule has 2 aromatic rings. The van der Waals surface area contributed by atoms with Gasteiger partial charge in [-0.2, -0.15) is 0 Å². The van der Waals surface area contributed by atoms with Gasteiger partial charge in [0.15, 0.2) is 27.6 Å². The Kier molecular flexibility index (Phi) is 8.60. The van der Waals surface area contributed by atoms with Gasteiger partial charge in [0.25, 0.3) is 0 Å². The van der Waals surface area contributed by atoms with E-state index in [1.165, 1.54) is 13.2 Å². The van der Waals surface area contributed by atoms with Crippen LogP contribution in [0.2, 0.25) is 10.3 Å². The van der Waals surface area contributed by atoms with Gasteiger partial charge in [0.1, 0.15) is 0 Å². The van der Waals surface area contributed by atoms with Gasteiger partial charge in [0.05, 0.1) is 7.11 Å². The van der Waals surface area contributed by atoms with Crippen molar-refractivity contribution in [2.45, 2.75) is 13.8 Å². The van der Waals surface area contributed by atoms with Crippen molar-refractivity contribution in [3.05, 3.63) is 65.6 Å². The molecule has 0 amide bonds. The zero-order valence-corrected chi connectivity index (χ0v) is 15.7. The predicted octanol–water partition coefficient (Wildman–Crippen LogP) is 4.88. The number of ether oxygens (including phenoxy) is 2. The van der Waals surface area contributed by atoms with Crippen LogP contribution in [0, 0.1) is 0 Å². The van der Waals surface area contributed by atoms with Gasteiger partial charge in [-0.05, 0) is 12.1 Å². The summed E-state index contributed by atoms with van der Waals surface area (Å²) in [5.74, 6) is 1.10. The summed E-state index contributed by atoms with van der Waals surface area (Å²) >= 11 is 12.3. The number of aromatic nitrogens is 4. The summed E-state index contributed by atoms with van der Waals surface area (Å²) in [7, 11) is 1.46. The van der Waals surface area contributed by atoms with Crippen LogP contribution in [0.3, 0.4) is 0 Å². The Morgan fingerprint density at radius 3 is 2.12 bits per heavy atom. The van der Waals surface area contributed by atoms with Crippen molar-refractivity contribution in [2.75, 3.05) is 7.11 Å². The molecule has 2 aromatic heterocycles. The van der Waals surface area contributed by atoms with Crippen LogP contribution < -0.4 is 4.74 Å². The monoisotopic (exact) mass is 380 g/mol. The minimum absolute atomic E-state index is 0.00585. The molecule has 8 heteroatoms. The van der Waals surface area contributed by atoms with E-state index in [1.807, 2.05) is 13.8 Å². The second-order valence-electron chi connectivity index (χ2n) is 4.03. The highest BCUT2D eigenvalue weighted by molar-refractivity contribution is 6.35. The Morgan fingerprint density at radius 1 is 1.08 bits per heavy atom. The van der Waals surface area contributed by atoms with Crippen LogP contribution in [0.5, 0.6) is 5.75 Å². The maximum Gasteiger partial charge on any atom is 0.202 e. The molecule has 0 aromatic carbocycles. The van der Waals surface area contributed by atoms with Crippen LogP contribution in [0.15, 0.2) is 55.3 Å². The number of allylic oxidation sites excluding steroid dienone is 2. The predicted molar refractivity (Wildman–Crippen MR) is 99.5 cm³/mol. The average molecular weight is 381 g/mol. The van der Waals surface area contributed by atoms with E-state index in [0.29, 0.717) is 5.82 Å². The largest absolute Gasteiger partial charge is 0.493 e. The van der Waals surface area contributed by atoms with E-state index in [0.717, 1.165) is 0 Å². The molecule has 0 radical (unpaired) electrons. The Hall–Kier alpha value is -2.44. The number of hydrogen-bond acceptors (Lipinski definition) is 6. The molecule has 2 rings (SSSR count). The molecule has 25 heavy (non-hydrogen) atoms. The summed E-state index contributed by atoms with van der Waals surface area (Å²) in [6.45, 7) is 11.3. The van der Waals surface area contributed by atoms with Crippen LogP contribution in [0.4, 0.5) is 0 Å². The second-order valence-corrected chi connectivity index (χ2v) is 4.74. The lowest BCUT2D eigenvalue weighted by Gasteiger charge is -2.13. The van der Waals surface area contributed by atoms with Crippen LogP contribution in [-0.4, -0.2) is 27.0 Å². The molecule has 0 aliphatic carbocycles. The molecule has 0 spiro atoms. The van der Waals surface area contributed by atoms with Gasteiger partial charge in [0, 0.05) is 12.4 Å². The van der Waals surface area contributed by atoms with Crippen LogP contribution in [0.25, 0.3) is 11.6 Å². The van der Waals surface area contributed by atoms with Gasteiger partial charge >= 0.3 is 0 Å². The molecule has 0 N–H and O–H groups in total. The van der Waals surface area contributed by atoms with E-state index in [-0.39, 0.29) is 33.4 Å². The molecule has 0 fully saturated rings. The van der Waals surface area contributed by atoms with Crippen molar-refractivity contribution >= 4 is 23.2 Å². The van der Waals surface area contributed by atoms with E-state index < -0.39 is 0 Å². The molecular formula is C17H18Cl2N4O2. The molecule has 132 valence electrons. The molecule has 6 nitrogen and oxygen atoms in total. The molecule has 0 aliphatic rings. The van der Waals surface area contributed by atoms with E-state index in [2.05, 4.69) is 33.1 Å². The first kappa shape index (κ1) is 20.6. The highest BCUT2D eigenvalue weighted by atomic mass is 35.5. The van der Waals surface area contributed by atoms with Gasteiger partial charge in [-0.3, -0.25) is 0 Å². The van der Waals surface area contributed by atoms with Gasteiger partial charge in [0.2, 0.25) is 11.6 Å². The molecule has 0 saturated heterocycles. The fourth-order valence-corrected chi connectivity index (χ4v) is 1.96. The molecule has 0 aliphatic heterocycles. The van der Waals surface area contributed by atoms with Gasteiger partial charge in [-0.15, -0.1) is 0 Å². The summed E-state index contributed by atoms with van der Waals surface area (Å²) in [6.07, 6.45) is 6.18. The van der Waals surface area contributed by atoms with E-state index in [9.17, 15) is 0 Å². The summed E-state index contributed by atoms with van der Waals surface area (Å²) < 4.78 is 10.6. The number of rotatable bonds is 6. The molecular weight excluding hydrogens is 363 g/mol. The summed E-state index contributed by atoms with van der Waals surface area (Å²) in [5, 5.41) is 0.0117. The van der Waals surface area contributed by atoms with Crippen LogP contribution in [-0.2, 0) is 4.74 Å². The summed E-state index contributed by atoms with van der Waals surface area (Å²) in [6, 6.07) is 1.67. The normalized spacial score (nSPS) is 10.4. The fourth-order valence-electron chi connectivity index (χ4n) is 1.50. The van der Waals surface area contributed by atoms with Gasteiger partial charge < -0.3 is 9.47 Å². The Balaban J connectivity index is 0.00000151. The number of methoxy groups -OCH3 is 1. The van der Waals surface area contributed by atoms with Crippen molar-refractivity contribution in [1.82, 2.24) is 19.9 Å². The van der Waals surface area contributed by atoms with Gasteiger partial charge in [-0.1, -0.05) is 56.3 Å². The molecule has 0 unspecified atom stereocenters. The zero-order valence-electron chi connectivity index (χ0n) is 14.2. The first-order chi connectivity index (χ1) is 12.1. The second kappa shape index (κ2) is 10.4. The average Bonchev–Trinajstić information content (AvgIpc) is 2.65. The lowest BCUT2D eigenvalue weighted by Crippen LogP contribution is -2.04. The molecule has 2 heterocycles. The van der Waals surface area contributed by atoms with Crippen LogP contribution in [0.1, 0.15) is 13.8 Å². The van der Waals surface area contributed by atoms with Crippen molar-refractivity contribution in [3.8, 4) is 17.4 Å². The maximum absolute atomic E-state index is 6.14. The SMILES string of the molecule is C=C/C=C(/Oc1c(Cl)nc(-c2ncccn2)nc1Cl)C(=C)OC.CC. The van der Waals surface area contributed by atoms with Gasteiger partial charge in [-0.25, -0.2) is 19.9 Å². The summed E-state index contributed by atoms with van der Waals surface area (Å²) in [4.78, 5) is 16.3. The number of halogens is 2. The third-order valence-corrected chi connectivity index (χ3v) is 3.06. The fraction of sp³-hybridized carbons (Fsp3) is 0.176. The Morgan fingerprint density at radius 2 is 1.64 bits per heavy atom. The molecule has 0 atom stereocenters. The van der Waals surface area contributed by atoms with Crippen molar-refractivity contribution in [1.29, 1.82) is 0 Å². The van der Waals surface area contributed by atoms with Crippen LogP contribution >= 0.6 is 23.2 Å². The Bertz CT molecular complexity index is 741. The third kappa shape index (κ3) is 5.55. The topological polar surface area (TPSA) is 70.0 Å². The lowest BCUT2D eigenvalue weighted by atomic mass is 10.4. The summed E-state index contributed by atoms with van der Waals surface area (Å²) in [5.41, 5.74) is 0. The molecule has 0 saturated carbocycles. The molecule has 0 bridgehead atoms. The minimum Gasteiger partial charge on any atom is -0.493 e. The highest BCUT2D eigenvalue weighted by Crippen LogP contribution is 2.33. The smallest absolute Gasteiger partial charge is 0.202 e. The quantitative estimate of drug-likeness (QED) is 0.404. The van der Waals surface area contributed by atoms with Crippen molar-refractivity contribution in [3.63, 3.8) is 0 Å². The Labute approximate surface area is 156 Å². The van der Waals surface area contributed by atoms with E-state index >= 15 is 0 Å². The zero-order chi connectivity index (χ0) is 18.8. The van der Waals surface area contributed by atoms with Crippen molar-refractivity contribution in [2.24, 2.45) is 0 Å². The standard InChI is InChI=1S/C15H12Cl2N4O2.C2H6/c1-4-6-10(9(2)22-3)23-11-12(16)20-15(21-13(11)17)14-18-7-5-8-19-14;1-2/h4-8H,1-2H2,3H3;1-2H3/b10-6+;. The third-order valence-electron chi connectivity index (χ3n) is 2.55. The minimum atomic E-state index is 0.00585. The van der Waals surface area contributed by atoms with E-state index in [1.54, 1.807) is 24.5 Å². The van der Waals surface area contributed by atoms with Crippen molar-refractivity contribution < 1.29 is 9.47 Å². The number of hydrogen-bond donors (Lipinski definition) is 0. The van der Waals surface area contributed by atoms with E-state index in [4.69, 9.17) is 32.7 Å². The number of nitrogens with zero attached hydrogens (tertiary/aromatic N) is 4. The first-order valence-corrected chi connectivity index (χ1v) is 8.06. The highest BCUT2D eigenvalue weighted by Gasteiger charge is 2.18.